The van der Waals surface area contributed by atoms with E-state index in [0.717, 1.165) is 24.8 Å². The topological polar surface area (TPSA) is 38.8 Å². The second-order valence-corrected chi connectivity index (χ2v) is 5.71. The van der Waals surface area contributed by atoms with Crippen molar-refractivity contribution in [2.45, 2.75) is 38.0 Å². The SMILES string of the molecule is COCC1=CC2CCC(C1)N2C(=O)OCc1ccccc1. The van der Waals surface area contributed by atoms with E-state index in [1.807, 2.05) is 35.2 Å². The van der Waals surface area contributed by atoms with Crippen LogP contribution in [0.5, 0.6) is 0 Å². The number of rotatable bonds is 4. The van der Waals surface area contributed by atoms with Crippen molar-refractivity contribution < 1.29 is 14.3 Å². The zero-order valence-corrected chi connectivity index (χ0v) is 12.3. The molecule has 2 bridgehead atoms. The summed E-state index contributed by atoms with van der Waals surface area (Å²) in [5, 5.41) is 0. The number of fused-ring (bicyclic) bond motifs is 2. The van der Waals surface area contributed by atoms with Crippen LogP contribution in [-0.2, 0) is 16.1 Å². The van der Waals surface area contributed by atoms with Crippen LogP contribution in [0, 0.1) is 0 Å². The first kappa shape index (κ1) is 14.1. The molecule has 2 aliphatic heterocycles. The zero-order valence-electron chi connectivity index (χ0n) is 12.3. The van der Waals surface area contributed by atoms with Gasteiger partial charge in [-0.15, -0.1) is 0 Å². The van der Waals surface area contributed by atoms with Crippen LogP contribution in [-0.4, -0.2) is 36.8 Å². The van der Waals surface area contributed by atoms with Crippen LogP contribution in [0.4, 0.5) is 4.79 Å². The molecule has 1 aromatic carbocycles. The fourth-order valence-corrected chi connectivity index (χ4v) is 3.29. The Balaban J connectivity index is 1.61. The van der Waals surface area contributed by atoms with E-state index in [4.69, 9.17) is 9.47 Å². The van der Waals surface area contributed by atoms with E-state index in [-0.39, 0.29) is 18.2 Å². The Morgan fingerprint density at radius 1 is 1.24 bits per heavy atom. The molecule has 0 radical (unpaired) electrons. The molecule has 1 aromatic rings. The number of nitrogens with zero attached hydrogens (tertiary/aromatic N) is 1. The molecular weight excluding hydrogens is 266 g/mol. The van der Waals surface area contributed by atoms with Crippen LogP contribution in [0.25, 0.3) is 0 Å². The Morgan fingerprint density at radius 3 is 2.76 bits per heavy atom. The van der Waals surface area contributed by atoms with E-state index in [2.05, 4.69) is 6.08 Å². The first-order valence-electron chi connectivity index (χ1n) is 7.45. The van der Waals surface area contributed by atoms with Crippen molar-refractivity contribution in [2.24, 2.45) is 0 Å². The summed E-state index contributed by atoms with van der Waals surface area (Å²) in [7, 11) is 1.71. The molecule has 0 spiro atoms. The van der Waals surface area contributed by atoms with E-state index in [1.54, 1.807) is 7.11 Å². The van der Waals surface area contributed by atoms with Gasteiger partial charge in [-0.3, -0.25) is 4.90 Å². The standard InChI is InChI=1S/C17H21NO3/c1-20-11-14-9-15-7-8-16(10-14)18(15)17(19)21-12-13-5-3-2-4-6-13/h2-6,9,15-16H,7-8,10-12H2,1H3. The van der Waals surface area contributed by atoms with Crippen LogP contribution >= 0.6 is 0 Å². The minimum Gasteiger partial charge on any atom is -0.445 e. The number of amides is 1. The van der Waals surface area contributed by atoms with Gasteiger partial charge in [0.25, 0.3) is 0 Å². The second-order valence-electron chi connectivity index (χ2n) is 5.71. The molecule has 2 aliphatic rings. The molecule has 4 nitrogen and oxygen atoms in total. The minimum absolute atomic E-state index is 0.178. The quantitative estimate of drug-likeness (QED) is 0.799. The predicted octanol–water partition coefficient (Wildman–Crippen LogP) is 3.13. The number of carbonyl (C=O) groups excluding carboxylic acids is 1. The number of methoxy groups -OCH3 is 1. The molecule has 4 heteroatoms. The van der Waals surface area contributed by atoms with E-state index in [0.29, 0.717) is 13.2 Å². The normalized spacial score (nSPS) is 23.9. The van der Waals surface area contributed by atoms with Crippen molar-refractivity contribution in [3.8, 4) is 0 Å². The van der Waals surface area contributed by atoms with Gasteiger partial charge in [-0.05, 0) is 30.4 Å². The average molecular weight is 287 g/mol. The molecule has 2 unspecified atom stereocenters. The number of ether oxygens (including phenoxy) is 2. The highest BCUT2D eigenvalue weighted by molar-refractivity contribution is 5.70. The van der Waals surface area contributed by atoms with Crippen LogP contribution in [0.15, 0.2) is 42.0 Å². The predicted molar refractivity (Wildman–Crippen MR) is 79.9 cm³/mol. The monoisotopic (exact) mass is 287 g/mol. The van der Waals surface area contributed by atoms with Gasteiger partial charge in [0.05, 0.1) is 12.6 Å². The molecule has 0 N–H and O–H groups in total. The van der Waals surface area contributed by atoms with Gasteiger partial charge >= 0.3 is 6.09 Å². The van der Waals surface area contributed by atoms with Gasteiger partial charge in [0, 0.05) is 13.2 Å². The largest absolute Gasteiger partial charge is 0.445 e. The summed E-state index contributed by atoms with van der Waals surface area (Å²) < 4.78 is 10.7. The fraction of sp³-hybridized carbons (Fsp3) is 0.471. The lowest BCUT2D eigenvalue weighted by Crippen LogP contribution is -2.43. The van der Waals surface area contributed by atoms with E-state index >= 15 is 0 Å². The lowest BCUT2D eigenvalue weighted by atomic mass is 10.0. The Hall–Kier alpha value is -1.81. The second kappa shape index (κ2) is 6.31. The van der Waals surface area contributed by atoms with Crippen LogP contribution in [0.3, 0.4) is 0 Å². The van der Waals surface area contributed by atoms with Crippen molar-refractivity contribution in [1.82, 2.24) is 4.90 Å². The average Bonchev–Trinajstić information content (AvgIpc) is 2.78. The maximum atomic E-state index is 12.3. The summed E-state index contributed by atoms with van der Waals surface area (Å²) in [5.41, 5.74) is 2.32. The van der Waals surface area contributed by atoms with Gasteiger partial charge in [0.1, 0.15) is 6.61 Å². The van der Waals surface area contributed by atoms with Crippen LogP contribution < -0.4 is 0 Å². The van der Waals surface area contributed by atoms with Crippen molar-refractivity contribution >= 4 is 6.09 Å². The van der Waals surface area contributed by atoms with Crippen molar-refractivity contribution in [2.75, 3.05) is 13.7 Å². The Morgan fingerprint density at radius 2 is 2.05 bits per heavy atom. The summed E-state index contributed by atoms with van der Waals surface area (Å²) in [6.07, 6.45) is 4.97. The van der Waals surface area contributed by atoms with Gasteiger partial charge in [-0.25, -0.2) is 4.79 Å². The molecule has 0 aromatic heterocycles. The van der Waals surface area contributed by atoms with Gasteiger partial charge in [0.2, 0.25) is 0 Å². The van der Waals surface area contributed by atoms with E-state index in [9.17, 15) is 4.79 Å². The summed E-state index contributed by atoms with van der Waals surface area (Å²) in [4.78, 5) is 14.2. The van der Waals surface area contributed by atoms with Gasteiger partial charge < -0.3 is 9.47 Å². The first-order chi connectivity index (χ1) is 10.3. The van der Waals surface area contributed by atoms with Gasteiger partial charge in [-0.1, -0.05) is 36.4 Å². The molecule has 21 heavy (non-hydrogen) atoms. The highest BCUT2D eigenvalue weighted by Gasteiger charge is 2.40. The maximum Gasteiger partial charge on any atom is 0.410 e. The van der Waals surface area contributed by atoms with Crippen molar-refractivity contribution in [3.63, 3.8) is 0 Å². The molecule has 0 saturated carbocycles. The van der Waals surface area contributed by atoms with Gasteiger partial charge in [0.15, 0.2) is 0 Å². The summed E-state index contributed by atoms with van der Waals surface area (Å²) in [6.45, 7) is 1.00. The molecule has 2 atom stereocenters. The number of benzene rings is 1. The molecular formula is C17H21NO3. The van der Waals surface area contributed by atoms with Gasteiger partial charge in [-0.2, -0.15) is 0 Å². The first-order valence-corrected chi connectivity index (χ1v) is 7.45. The zero-order chi connectivity index (χ0) is 14.7. The van der Waals surface area contributed by atoms with E-state index < -0.39 is 0 Å². The molecule has 2 heterocycles. The summed E-state index contributed by atoms with van der Waals surface area (Å²) in [5.74, 6) is 0. The minimum atomic E-state index is -0.195. The van der Waals surface area contributed by atoms with Crippen molar-refractivity contribution in [3.05, 3.63) is 47.5 Å². The molecule has 1 saturated heterocycles. The molecule has 0 aliphatic carbocycles. The highest BCUT2D eigenvalue weighted by Crippen LogP contribution is 2.35. The highest BCUT2D eigenvalue weighted by atomic mass is 16.6. The Labute approximate surface area is 125 Å². The summed E-state index contributed by atoms with van der Waals surface area (Å²) >= 11 is 0. The molecule has 1 amide bonds. The molecule has 3 rings (SSSR count). The lowest BCUT2D eigenvalue weighted by molar-refractivity contribution is 0.0801. The lowest BCUT2D eigenvalue weighted by Gasteiger charge is -2.33. The Kier molecular flexibility index (Phi) is 4.25. The number of hydrogen-bond donors (Lipinski definition) is 0. The smallest absolute Gasteiger partial charge is 0.410 e. The number of hydrogen-bond acceptors (Lipinski definition) is 3. The Bertz CT molecular complexity index is 526. The fourth-order valence-electron chi connectivity index (χ4n) is 3.29. The van der Waals surface area contributed by atoms with Crippen molar-refractivity contribution in [1.29, 1.82) is 0 Å². The van der Waals surface area contributed by atoms with E-state index in [1.165, 1.54) is 5.57 Å². The third kappa shape index (κ3) is 3.10. The molecule has 112 valence electrons. The third-order valence-electron chi connectivity index (χ3n) is 4.22. The number of carbonyl (C=O) groups is 1. The van der Waals surface area contributed by atoms with Crippen LogP contribution in [0.2, 0.25) is 0 Å². The summed E-state index contributed by atoms with van der Waals surface area (Å²) in [6, 6.07) is 10.2. The third-order valence-corrected chi connectivity index (χ3v) is 4.22. The van der Waals surface area contributed by atoms with Crippen LogP contribution in [0.1, 0.15) is 24.8 Å². The molecule has 1 fully saturated rings. The maximum absolute atomic E-state index is 12.3.